The van der Waals surface area contributed by atoms with Crippen molar-refractivity contribution in [1.29, 1.82) is 0 Å². The Morgan fingerprint density at radius 1 is 1.22 bits per heavy atom. The molecular formula is C15H27NO2. The van der Waals surface area contributed by atoms with Crippen LogP contribution in [0.5, 0.6) is 0 Å². The van der Waals surface area contributed by atoms with Crippen LogP contribution >= 0.6 is 0 Å². The quantitative estimate of drug-likeness (QED) is 0.821. The fraction of sp³-hybridized carbons (Fsp3) is 0.933. The van der Waals surface area contributed by atoms with Gasteiger partial charge in [-0.3, -0.25) is 4.79 Å². The highest BCUT2D eigenvalue weighted by molar-refractivity contribution is 5.76. The highest BCUT2D eigenvalue weighted by Crippen LogP contribution is 2.42. The van der Waals surface area contributed by atoms with E-state index in [1.165, 1.54) is 25.7 Å². The van der Waals surface area contributed by atoms with Gasteiger partial charge in [-0.1, -0.05) is 26.7 Å². The van der Waals surface area contributed by atoms with Gasteiger partial charge in [0.1, 0.15) is 0 Å². The van der Waals surface area contributed by atoms with Gasteiger partial charge in [-0.15, -0.1) is 0 Å². The minimum absolute atomic E-state index is 0.194. The second-order valence-corrected chi connectivity index (χ2v) is 6.75. The molecule has 1 saturated heterocycles. The van der Waals surface area contributed by atoms with Crippen molar-refractivity contribution in [3.05, 3.63) is 0 Å². The summed E-state index contributed by atoms with van der Waals surface area (Å²) in [6.07, 6.45) is 7.06. The van der Waals surface area contributed by atoms with E-state index in [2.05, 4.69) is 13.8 Å². The average Bonchev–Trinajstić information content (AvgIpc) is 2.32. The number of aliphatic hydroxyl groups is 1. The Labute approximate surface area is 111 Å². The first kappa shape index (κ1) is 13.9. The third kappa shape index (κ3) is 3.25. The molecular weight excluding hydrogens is 226 g/mol. The number of hydrogen-bond donors (Lipinski definition) is 1. The molecule has 1 N–H and O–H groups in total. The van der Waals surface area contributed by atoms with Crippen molar-refractivity contribution in [3.63, 3.8) is 0 Å². The highest BCUT2D eigenvalue weighted by atomic mass is 16.3. The van der Waals surface area contributed by atoms with Crippen LogP contribution < -0.4 is 0 Å². The predicted molar refractivity (Wildman–Crippen MR) is 72.2 cm³/mol. The molecule has 3 nitrogen and oxygen atoms in total. The molecule has 1 aliphatic carbocycles. The maximum atomic E-state index is 12.3. The van der Waals surface area contributed by atoms with Crippen molar-refractivity contribution < 1.29 is 9.90 Å². The lowest BCUT2D eigenvalue weighted by Gasteiger charge is -2.40. The lowest BCUT2D eigenvalue weighted by Crippen LogP contribution is -2.42. The van der Waals surface area contributed by atoms with E-state index in [4.69, 9.17) is 0 Å². The zero-order valence-electron chi connectivity index (χ0n) is 11.8. The van der Waals surface area contributed by atoms with E-state index < -0.39 is 0 Å². The monoisotopic (exact) mass is 253 g/mol. The van der Waals surface area contributed by atoms with Crippen LogP contribution in [0.15, 0.2) is 0 Å². The largest absolute Gasteiger partial charge is 0.393 e. The van der Waals surface area contributed by atoms with Gasteiger partial charge in [0.15, 0.2) is 0 Å². The fourth-order valence-corrected chi connectivity index (χ4v) is 3.40. The van der Waals surface area contributed by atoms with Crippen LogP contribution in [0.4, 0.5) is 0 Å². The number of amides is 1. The Kier molecular flexibility index (Phi) is 4.31. The van der Waals surface area contributed by atoms with Gasteiger partial charge < -0.3 is 10.0 Å². The molecule has 1 saturated carbocycles. The molecule has 2 fully saturated rings. The summed E-state index contributed by atoms with van der Waals surface area (Å²) in [5.41, 5.74) is 0.323. The van der Waals surface area contributed by atoms with Crippen LogP contribution in [0.25, 0.3) is 0 Å². The second kappa shape index (κ2) is 5.60. The van der Waals surface area contributed by atoms with Crippen LogP contribution in [-0.4, -0.2) is 35.1 Å². The van der Waals surface area contributed by atoms with E-state index in [0.29, 0.717) is 23.7 Å². The van der Waals surface area contributed by atoms with E-state index in [1.54, 1.807) is 0 Å². The van der Waals surface area contributed by atoms with Crippen LogP contribution in [-0.2, 0) is 4.79 Å². The number of likely N-dealkylation sites (tertiary alicyclic amines) is 1. The van der Waals surface area contributed by atoms with Gasteiger partial charge in [-0.2, -0.15) is 0 Å². The van der Waals surface area contributed by atoms with Gasteiger partial charge >= 0.3 is 0 Å². The second-order valence-electron chi connectivity index (χ2n) is 6.75. The zero-order valence-corrected chi connectivity index (χ0v) is 11.8. The maximum absolute atomic E-state index is 12.3. The van der Waals surface area contributed by atoms with Gasteiger partial charge in [0.05, 0.1) is 6.10 Å². The zero-order chi connectivity index (χ0) is 13.2. The molecule has 2 aliphatic rings. The van der Waals surface area contributed by atoms with E-state index in [0.717, 1.165) is 25.9 Å². The number of rotatable bonds is 2. The smallest absolute Gasteiger partial charge is 0.222 e. The van der Waals surface area contributed by atoms with Crippen LogP contribution in [0.2, 0.25) is 0 Å². The summed E-state index contributed by atoms with van der Waals surface area (Å²) in [6.45, 7) is 6.11. The normalized spacial score (nSPS) is 29.3. The summed E-state index contributed by atoms with van der Waals surface area (Å²) < 4.78 is 0. The Balaban J connectivity index is 1.86. The van der Waals surface area contributed by atoms with Crippen LogP contribution in [0.3, 0.4) is 0 Å². The van der Waals surface area contributed by atoms with Crippen LogP contribution in [0.1, 0.15) is 58.8 Å². The van der Waals surface area contributed by atoms with Gasteiger partial charge in [0.2, 0.25) is 5.91 Å². The fourth-order valence-electron chi connectivity index (χ4n) is 3.40. The SMILES string of the molecule is CC1(C)CCCCC1CC(=O)N1CCC(O)CC1. The molecule has 1 heterocycles. The van der Waals surface area contributed by atoms with E-state index in [1.807, 2.05) is 4.90 Å². The first-order valence-electron chi connectivity index (χ1n) is 7.45. The Morgan fingerprint density at radius 2 is 1.89 bits per heavy atom. The number of carbonyl (C=O) groups is 1. The van der Waals surface area contributed by atoms with Gasteiger partial charge in [0.25, 0.3) is 0 Å². The molecule has 0 radical (unpaired) electrons. The minimum atomic E-state index is -0.194. The molecule has 1 aliphatic heterocycles. The Morgan fingerprint density at radius 3 is 2.50 bits per heavy atom. The maximum Gasteiger partial charge on any atom is 0.222 e. The summed E-state index contributed by atoms with van der Waals surface area (Å²) in [7, 11) is 0. The molecule has 1 amide bonds. The molecule has 3 heteroatoms. The number of aliphatic hydroxyl groups excluding tert-OH is 1. The average molecular weight is 253 g/mol. The summed E-state index contributed by atoms with van der Waals surface area (Å²) in [5, 5.41) is 9.48. The van der Waals surface area contributed by atoms with Crippen molar-refractivity contribution in [1.82, 2.24) is 4.90 Å². The van der Waals surface area contributed by atoms with E-state index in [-0.39, 0.29) is 6.10 Å². The minimum Gasteiger partial charge on any atom is -0.393 e. The topological polar surface area (TPSA) is 40.5 Å². The lowest BCUT2D eigenvalue weighted by molar-refractivity contribution is -0.135. The molecule has 104 valence electrons. The van der Waals surface area contributed by atoms with Gasteiger partial charge in [-0.05, 0) is 37.0 Å². The molecule has 0 aromatic carbocycles. The Bertz CT molecular complexity index is 293. The van der Waals surface area contributed by atoms with Crippen molar-refractivity contribution in [2.45, 2.75) is 64.9 Å². The molecule has 1 unspecified atom stereocenters. The summed E-state index contributed by atoms with van der Waals surface area (Å²) in [6, 6.07) is 0. The van der Waals surface area contributed by atoms with Crippen LogP contribution in [0, 0.1) is 11.3 Å². The van der Waals surface area contributed by atoms with Crippen molar-refractivity contribution in [2.75, 3.05) is 13.1 Å². The van der Waals surface area contributed by atoms with Gasteiger partial charge in [-0.25, -0.2) is 0 Å². The Hall–Kier alpha value is -0.570. The predicted octanol–water partition coefficient (Wildman–Crippen LogP) is 2.58. The summed E-state index contributed by atoms with van der Waals surface area (Å²) in [4.78, 5) is 14.3. The molecule has 2 rings (SSSR count). The van der Waals surface area contributed by atoms with Crippen molar-refractivity contribution >= 4 is 5.91 Å². The molecule has 1 atom stereocenters. The summed E-state index contributed by atoms with van der Waals surface area (Å²) in [5.74, 6) is 0.854. The first-order valence-corrected chi connectivity index (χ1v) is 7.45. The van der Waals surface area contributed by atoms with E-state index in [9.17, 15) is 9.90 Å². The highest BCUT2D eigenvalue weighted by Gasteiger charge is 2.34. The lowest BCUT2D eigenvalue weighted by atomic mass is 9.67. The molecule has 0 spiro atoms. The first-order chi connectivity index (χ1) is 8.49. The number of hydrogen-bond acceptors (Lipinski definition) is 2. The summed E-state index contributed by atoms with van der Waals surface area (Å²) >= 11 is 0. The van der Waals surface area contributed by atoms with Gasteiger partial charge in [0, 0.05) is 19.5 Å². The molecule has 0 bridgehead atoms. The molecule has 18 heavy (non-hydrogen) atoms. The molecule has 0 aromatic heterocycles. The van der Waals surface area contributed by atoms with E-state index >= 15 is 0 Å². The number of nitrogens with zero attached hydrogens (tertiary/aromatic N) is 1. The van der Waals surface area contributed by atoms with Crippen molar-refractivity contribution in [3.8, 4) is 0 Å². The third-order valence-corrected chi connectivity index (χ3v) is 4.97. The number of piperidine rings is 1. The third-order valence-electron chi connectivity index (χ3n) is 4.97. The molecule has 0 aromatic rings. The number of carbonyl (C=O) groups excluding carboxylic acids is 1. The van der Waals surface area contributed by atoms with Crippen molar-refractivity contribution in [2.24, 2.45) is 11.3 Å². The standard InChI is InChI=1S/C15H27NO2/c1-15(2)8-4-3-5-12(15)11-14(18)16-9-6-13(17)7-10-16/h12-13,17H,3-11H2,1-2H3.